The van der Waals surface area contributed by atoms with Crippen molar-refractivity contribution in [3.63, 3.8) is 0 Å². The molecule has 6 heteroatoms. The summed E-state index contributed by atoms with van der Waals surface area (Å²) in [6.45, 7) is 3.78. The summed E-state index contributed by atoms with van der Waals surface area (Å²) >= 11 is 1.68. The number of methoxy groups -OCH3 is 1. The Morgan fingerprint density at radius 3 is 3.05 bits per heavy atom. The number of nitrogens with two attached hydrogens (primary N) is 1. The van der Waals surface area contributed by atoms with Crippen LogP contribution in [0.2, 0.25) is 0 Å². The second-order valence-electron chi connectivity index (χ2n) is 5.73. The third kappa shape index (κ3) is 3.07. The summed E-state index contributed by atoms with van der Waals surface area (Å²) in [5.74, 6) is 1.12. The van der Waals surface area contributed by atoms with Crippen molar-refractivity contribution >= 4 is 22.1 Å². The molecular weight excluding hydrogens is 284 g/mol. The van der Waals surface area contributed by atoms with Gasteiger partial charge in [-0.3, -0.25) is 4.40 Å². The number of ether oxygens (including phenoxy) is 1. The Morgan fingerprint density at radius 1 is 1.57 bits per heavy atom. The lowest BCUT2D eigenvalue weighted by Gasteiger charge is -2.24. The number of anilines is 1. The first-order valence-corrected chi connectivity index (χ1v) is 8.58. The minimum atomic E-state index is 0.187. The number of thiazole rings is 1. The fourth-order valence-corrected chi connectivity index (χ4v) is 3.40. The van der Waals surface area contributed by atoms with E-state index in [1.807, 2.05) is 0 Å². The van der Waals surface area contributed by atoms with E-state index in [0.717, 1.165) is 36.8 Å². The van der Waals surface area contributed by atoms with Gasteiger partial charge in [-0.25, -0.2) is 4.98 Å². The number of imidazole rings is 1. The lowest BCUT2D eigenvalue weighted by Crippen LogP contribution is -2.32. The second kappa shape index (κ2) is 6.34. The Morgan fingerprint density at radius 2 is 2.38 bits per heavy atom. The van der Waals surface area contributed by atoms with E-state index in [1.165, 1.54) is 18.5 Å². The van der Waals surface area contributed by atoms with Gasteiger partial charge in [0.2, 0.25) is 0 Å². The molecule has 0 aliphatic heterocycles. The zero-order chi connectivity index (χ0) is 14.8. The number of rotatable bonds is 8. The summed E-state index contributed by atoms with van der Waals surface area (Å²) in [4.78, 5) is 8.35. The number of aromatic nitrogens is 2. The van der Waals surface area contributed by atoms with Gasteiger partial charge in [0.25, 0.3) is 0 Å². The standard InChI is InChI=1S/C15H24N4OS/c1-3-11(16)10-13-14(17-15-19(13)7-9-21-15)18(6-8-20-2)12-4-5-12/h7,9,11-12H,3-6,8,10,16H2,1-2H3. The first-order valence-electron chi connectivity index (χ1n) is 7.70. The van der Waals surface area contributed by atoms with E-state index in [4.69, 9.17) is 15.5 Å². The van der Waals surface area contributed by atoms with E-state index < -0.39 is 0 Å². The van der Waals surface area contributed by atoms with Crippen LogP contribution in [0.3, 0.4) is 0 Å². The molecule has 116 valence electrons. The molecule has 1 atom stereocenters. The molecule has 2 aromatic rings. The summed E-state index contributed by atoms with van der Waals surface area (Å²) in [6.07, 6.45) is 6.48. The smallest absolute Gasteiger partial charge is 0.195 e. The predicted molar refractivity (Wildman–Crippen MR) is 87.3 cm³/mol. The van der Waals surface area contributed by atoms with Crippen LogP contribution in [0.5, 0.6) is 0 Å². The molecule has 0 spiro atoms. The van der Waals surface area contributed by atoms with E-state index in [1.54, 1.807) is 18.4 Å². The van der Waals surface area contributed by atoms with Crippen LogP contribution in [0.15, 0.2) is 11.6 Å². The Balaban J connectivity index is 1.94. The average Bonchev–Trinajstić information content (AvgIpc) is 3.13. The lowest BCUT2D eigenvalue weighted by molar-refractivity contribution is 0.204. The average molecular weight is 308 g/mol. The molecule has 2 N–H and O–H groups in total. The first kappa shape index (κ1) is 14.8. The SMILES string of the molecule is CCC(N)Cc1c(N(CCOC)C2CC2)nc2sccn12. The van der Waals surface area contributed by atoms with E-state index in [0.29, 0.717) is 6.04 Å². The first-order chi connectivity index (χ1) is 10.2. The number of nitrogens with zero attached hydrogens (tertiary/aromatic N) is 3. The van der Waals surface area contributed by atoms with Gasteiger partial charge in [0, 0.05) is 43.7 Å². The maximum atomic E-state index is 6.20. The van der Waals surface area contributed by atoms with Gasteiger partial charge in [0.05, 0.1) is 12.3 Å². The highest BCUT2D eigenvalue weighted by Crippen LogP contribution is 2.34. The lowest BCUT2D eigenvalue weighted by atomic mass is 10.1. The third-order valence-corrected chi connectivity index (χ3v) is 4.87. The van der Waals surface area contributed by atoms with Crippen LogP contribution in [0.1, 0.15) is 31.9 Å². The van der Waals surface area contributed by atoms with Gasteiger partial charge in [0.15, 0.2) is 10.8 Å². The molecule has 1 unspecified atom stereocenters. The van der Waals surface area contributed by atoms with E-state index in [2.05, 4.69) is 27.8 Å². The van der Waals surface area contributed by atoms with Crippen LogP contribution < -0.4 is 10.6 Å². The maximum Gasteiger partial charge on any atom is 0.195 e. The molecule has 0 radical (unpaired) electrons. The highest BCUT2D eigenvalue weighted by molar-refractivity contribution is 7.15. The van der Waals surface area contributed by atoms with Gasteiger partial charge in [-0.05, 0) is 19.3 Å². The van der Waals surface area contributed by atoms with Crippen molar-refractivity contribution in [2.24, 2.45) is 5.73 Å². The van der Waals surface area contributed by atoms with Gasteiger partial charge in [0.1, 0.15) is 0 Å². The van der Waals surface area contributed by atoms with Crippen LogP contribution in [0.4, 0.5) is 5.82 Å². The molecule has 2 heterocycles. The molecular formula is C15H24N4OS. The largest absolute Gasteiger partial charge is 0.383 e. The highest BCUT2D eigenvalue weighted by atomic mass is 32.1. The van der Waals surface area contributed by atoms with Crippen LogP contribution in [0, 0.1) is 0 Å². The van der Waals surface area contributed by atoms with Gasteiger partial charge < -0.3 is 15.4 Å². The summed E-state index contributed by atoms with van der Waals surface area (Å²) in [5, 5.41) is 2.09. The fraction of sp³-hybridized carbons (Fsp3) is 0.667. The zero-order valence-electron chi connectivity index (χ0n) is 12.8. The Kier molecular flexibility index (Phi) is 4.47. The molecule has 1 saturated carbocycles. The third-order valence-electron chi connectivity index (χ3n) is 4.12. The van der Waals surface area contributed by atoms with Gasteiger partial charge in [-0.1, -0.05) is 6.92 Å². The van der Waals surface area contributed by atoms with Gasteiger partial charge in [-0.2, -0.15) is 0 Å². The Hall–Kier alpha value is -1.11. The second-order valence-corrected chi connectivity index (χ2v) is 6.60. The molecule has 1 aliphatic carbocycles. The highest BCUT2D eigenvalue weighted by Gasteiger charge is 2.32. The molecule has 21 heavy (non-hydrogen) atoms. The quantitative estimate of drug-likeness (QED) is 0.813. The molecule has 0 saturated heterocycles. The number of hydrogen-bond acceptors (Lipinski definition) is 5. The van der Waals surface area contributed by atoms with Crippen LogP contribution in [-0.2, 0) is 11.2 Å². The van der Waals surface area contributed by atoms with Crippen molar-refractivity contribution in [1.29, 1.82) is 0 Å². The monoisotopic (exact) mass is 308 g/mol. The molecule has 5 nitrogen and oxygen atoms in total. The minimum Gasteiger partial charge on any atom is -0.383 e. The Bertz CT molecular complexity index is 590. The van der Waals surface area contributed by atoms with Crippen molar-refractivity contribution < 1.29 is 4.74 Å². The molecule has 2 aromatic heterocycles. The minimum absolute atomic E-state index is 0.187. The topological polar surface area (TPSA) is 55.8 Å². The van der Waals surface area contributed by atoms with Crippen molar-refractivity contribution in [2.45, 2.75) is 44.7 Å². The van der Waals surface area contributed by atoms with Gasteiger partial charge >= 0.3 is 0 Å². The van der Waals surface area contributed by atoms with Crippen molar-refractivity contribution in [1.82, 2.24) is 9.38 Å². The summed E-state index contributed by atoms with van der Waals surface area (Å²) in [5.41, 5.74) is 7.46. The maximum absolute atomic E-state index is 6.20. The summed E-state index contributed by atoms with van der Waals surface area (Å²) < 4.78 is 7.48. The molecule has 1 fully saturated rings. The summed E-state index contributed by atoms with van der Waals surface area (Å²) in [7, 11) is 1.75. The zero-order valence-corrected chi connectivity index (χ0v) is 13.6. The normalized spacial score (nSPS) is 16.5. The molecule has 0 amide bonds. The fourth-order valence-electron chi connectivity index (χ4n) is 2.67. The van der Waals surface area contributed by atoms with Crippen LogP contribution in [-0.4, -0.2) is 41.7 Å². The molecule has 3 rings (SSSR count). The van der Waals surface area contributed by atoms with Crippen molar-refractivity contribution in [3.05, 3.63) is 17.3 Å². The molecule has 0 bridgehead atoms. The van der Waals surface area contributed by atoms with Crippen molar-refractivity contribution in [2.75, 3.05) is 25.2 Å². The number of fused-ring (bicyclic) bond motifs is 1. The van der Waals surface area contributed by atoms with Crippen LogP contribution >= 0.6 is 11.3 Å². The molecule has 1 aliphatic rings. The van der Waals surface area contributed by atoms with E-state index >= 15 is 0 Å². The predicted octanol–water partition coefficient (Wildman–Crippen LogP) is 2.29. The van der Waals surface area contributed by atoms with Gasteiger partial charge in [-0.15, -0.1) is 11.3 Å². The van der Waals surface area contributed by atoms with E-state index in [-0.39, 0.29) is 6.04 Å². The van der Waals surface area contributed by atoms with Crippen LogP contribution in [0.25, 0.3) is 4.96 Å². The number of hydrogen-bond donors (Lipinski definition) is 1. The van der Waals surface area contributed by atoms with E-state index in [9.17, 15) is 0 Å². The van der Waals surface area contributed by atoms with Crippen molar-refractivity contribution in [3.8, 4) is 0 Å². The Labute approximate surface area is 129 Å². The molecule has 0 aromatic carbocycles. The summed E-state index contributed by atoms with van der Waals surface area (Å²) in [6, 6.07) is 0.813.